The molecular weight excluding hydrogens is 308 g/mol. The lowest BCUT2D eigenvalue weighted by Crippen LogP contribution is -2.32. The maximum atomic E-state index is 13.1. The van der Waals surface area contributed by atoms with Crippen LogP contribution in [0.2, 0.25) is 0 Å². The van der Waals surface area contributed by atoms with Crippen molar-refractivity contribution in [3.63, 3.8) is 0 Å². The molecule has 0 bridgehead atoms. The molecule has 1 heterocycles. The van der Waals surface area contributed by atoms with Crippen molar-refractivity contribution in [2.75, 3.05) is 5.32 Å². The van der Waals surface area contributed by atoms with Crippen molar-refractivity contribution in [1.29, 1.82) is 0 Å². The SMILES string of the molecule is O=C1c2ccccc2C2=Nc3ccccc3C(Nc3ccccc3)C12. The third-order valence-corrected chi connectivity index (χ3v) is 4.99. The van der Waals surface area contributed by atoms with Gasteiger partial charge in [-0.1, -0.05) is 60.7 Å². The fourth-order valence-corrected chi connectivity index (χ4v) is 3.86. The van der Waals surface area contributed by atoms with Crippen molar-refractivity contribution < 1.29 is 4.79 Å². The Morgan fingerprint density at radius 2 is 1.44 bits per heavy atom. The lowest BCUT2D eigenvalue weighted by atomic mass is 9.85. The molecule has 1 N–H and O–H groups in total. The van der Waals surface area contributed by atoms with Gasteiger partial charge in [-0.3, -0.25) is 9.79 Å². The highest BCUT2D eigenvalue weighted by Gasteiger charge is 2.45. The Kier molecular flexibility index (Phi) is 3.07. The molecule has 120 valence electrons. The van der Waals surface area contributed by atoms with Gasteiger partial charge in [0.05, 0.1) is 23.4 Å². The second-order valence-corrected chi connectivity index (χ2v) is 6.43. The van der Waals surface area contributed by atoms with Crippen molar-refractivity contribution in [3.05, 3.63) is 95.6 Å². The number of nitrogens with zero attached hydrogens (tertiary/aromatic N) is 1. The molecule has 0 amide bonds. The summed E-state index contributed by atoms with van der Waals surface area (Å²) < 4.78 is 0. The molecule has 3 heteroatoms. The minimum Gasteiger partial charge on any atom is -0.377 e. The molecule has 25 heavy (non-hydrogen) atoms. The zero-order valence-corrected chi connectivity index (χ0v) is 13.5. The van der Waals surface area contributed by atoms with Gasteiger partial charge in [0.2, 0.25) is 0 Å². The molecule has 2 unspecified atom stereocenters. The van der Waals surface area contributed by atoms with E-state index in [1.165, 1.54) is 0 Å². The number of nitrogens with one attached hydrogen (secondary N) is 1. The van der Waals surface area contributed by atoms with Gasteiger partial charge in [-0.25, -0.2) is 0 Å². The molecule has 2 atom stereocenters. The third kappa shape index (κ3) is 2.13. The zero-order valence-electron chi connectivity index (χ0n) is 13.5. The molecule has 0 spiro atoms. The fourth-order valence-electron chi connectivity index (χ4n) is 3.86. The molecule has 3 aromatic carbocycles. The average molecular weight is 324 g/mol. The predicted molar refractivity (Wildman–Crippen MR) is 99.7 cm³/mol. The van der Waals surface area contributed by atoms with Gasteiger partial charge in [0.15, 0.2) is 5.78 Å². The minimum absolute atomic E-state index is 0.119. The van der Waals surface area contributed by atoms with Gasteiger partial charge in [0, 0.05) is 22.4 Å². The first-order chi connectivity index (χ1) is 12.3. The second kappa shape index (κ2) is 5.42. The Balaban J connectivity index is 1.68. The number of hydrogen-bond donors (Lipinski definition) is 1. The van der Waals surface area contributed by atoms with E-state index >= 15 is 0 Å². The molecule has 1 aliphatic carbocycles. The fraction of sp³-hybridized carbons (Fsp3) is 0.0909. The summed E-state index contributed by atoms with van der Waals surface area (Å²) in [6.07, 6.45) is 0. The van der Waals surface area contributed by atoms with Crippen molar-refractivity contribution in [2.45, 2.75) is 6.04 Å². The van der Waals surface area contributed by atoms with Crippen LogP contribution in [0.4, 0.5) is 11.4 Å². The monoisotopic (exact) mass is 324 g/mol. The topological polar surface area (TPSA) is 41.5 Å². The number of carbonyl (C=O) groups is 1. The third-order valence-electron chi connectivity index (χ3n) is 4.99. The summed E-state index contributed by atoms with van der Waals surface area (Å²) in [4.78, 5) is 18.0. The molecule has 2 aliphatic rings. The van der Waals surface area contributed by atoms with E-state index in [0.717, 1.165) is 33.8 Å². The van der Waals surface area contributed by atoms with Crippen LogP contribution in [-0.4, -0.2) is 11.5 Å². The highest BCUT2D eigenvalue weighted by Crippen LogP contribution is 2.45. The van der Waals surface area contributed by atoms with Crippen LogP contribution in [0.1, 0.15) is 27.5 Å². The smallest absolute Gasteiger partial charge is 0.175 e. The molecule has 3 nitrogen and oxygen atoms in total. The number of aliphatic imine (C=N–C) groups is 1. The van der Waals surface area contributed by atoms with Gasteiger partial charge in [0.1, 0.15) is 0 Å². The van der Waals surface area contributed by atoms with Gasteiger partial charge in [-0.2, -0.15) is 0 Å². The lowest BCUT2D eigenvalue weighted by Gasteiger charge is -2.30. The van der Waals surface area contributed by atoms with Crippen LogP contribution in [0, 0.1) is 5.92 Å². The lowest BCUT2D eigenvalue weighted by molar-refractivity contribution is 0.0952. The number of para-hydroxylation sites is 2. The van der Waals surface area contributed by atoms with E-state index in [1.54, 1.807) is 0 Å². The number of rotatable bonds is 2. The van der Waals surface area contributed by atoms with Crippen molar-refractivity contribution in [3.8, 4) is 0 Å². The van der Waals surface area contributed by atoms with Crippen molar-refractivity contribution >= 4 is 22.9 Å². The molecule has 0 aromatic heterocycles. The maximum Gasteiger partial charge on any atom is 0.175 e. The number of carbonyl (C=O) groups excluding carboxylic acids is 1. The number of hydrogen-bond acceptors (Lipinski definition) is 3. The van der Waals surface area contributed by atoms with Crippen molar-refractivity contribution in [1.82, 2.24) is 0 Å². The number of fused-ring (bicyclic) bond motifs is 4. The van der Waals surface area contributed by atoms with Crippen LogP contribution < -0.4 is 5.32 Å². The van der Waals surface area contributed by atoms with Crippen LogP contribution >= 0.6 is 0 Å². The van der Waals surface area contributed by atoms with Crippen LogP contribution in [-0.2, 0) is 0 Å². The predicted octanol–water partition coefficient (Wildman–Crippen LogP) is 4.79. The Labute approximate surface area is 146 Å². The van der Waals surface area contributed by atoms with E-state index in [9.17, 15) is 4.79 Å². The Bertz CT molecular complexity index is 1010. The Morgan fingerprint density at radius 3 is 2.28 bits per heavy atom. The van der Waals surface area contributed by atoms with E-state index in [2.05, 4.69) is 11.4 Å². The van der Waals surface area contributed by atoms with E-state index in [1.807, 2.05) is 72.8 Å². The maximum absolute atomic E-state index is 13.1. The average Bonchev–Trinajstić information content (AvgIpc) is 2.95. The number of ketones is 1. The number of benzene rings is 3. The normalized spacial score (nSPS) is 20.3. The van der Waals surface area contributed by atoms with Crippen LogP contribution in [0.15, 0.2) is 83.9 Å². The van der Waals surface area contributed by atoms with Crippen molar-refractivity contribution in [2.24, 2.45) is 10.9 Å². The quantitative estimate of drug-likeness (QED) is 0.736. The van der Waals surface area contributed by atoms with Crippen LogP contribution in [0.25, 0.3) is 0 Å². The molecule has 0 radical (unpaired) electrons. The summed E-state index contributed by atoms with van der Waals surface area (Å²) in [7, 11) is 0. The van der Waals surface area contributed by atoms with Gasteiger partial charge >= 0.3 is 0 Å². The molecule has 3 aromatic rings. The molecule has 0 saturated carbocycles. The molecular formula is C22H16N2O. The molecule has 5 rings (SSSR count). The van der Waals surface area contributed by atoms with E-state index in [4.69, 9.17) is 4.99 Å². The van der Waals surface area contributed by atoms with Gasteiger partial charge in [-0.05, 0) is 18.2 Å². The minimum atomic E-state index is -0.285. The summed E-state index contributed by atoms with van der Waals surface area (Å²) >= 11 is 0. The van der Waals surface area contributed by atoms with E-state index in [-0.39, 0.29) is 17.7 Å². The van der Waals surface area contributed by atoms with Gasteiger partial charge < -0.3 is 5.32 Å². The van der Waals surface area contributed by atoms with Gasteiger partial charge in [0.25, 0.3) is 0 Å². The number of Topliss-reactive ketones (excluding diaryl/α,β-unsaturated/α-hetero) is 1. The standard InChI is InChI=1S/C22H16N2O/c25-22-16-11-5-4-10-15(16)20-19(22)21(23-14-8-2-1-3-9-14)17-12-6-7-13-18(17)24-20/h1-13,19,21,23H. The summed E-state index contributed by atoms with van der Waals surface area (Å²) in [5, 5.41) is 3.57. The summed E-state index contributed by atoms with van der Waals surface area (Å²) in [5.41, 5.74) is 5.64. The highest BCUT2D eigenvalue weighted by molar-refractivity contribution is 6.30. The summed E-state index contributed by atoms with van der Waals surface area (Å²) in [6, 6.07) is 25.8. The largest absolute Gasteiger partial charge is 0.377 e. The highest BCUT2D eigenvalue weighted by atomic mass is 16.1. The van der Waals surface area contributed by atoms with Crippen LogP contribution in [0.5, 0.6) is 0 Å². The van der Waals surface area contributed by atoms with Gasteiger partial charge in [-0.15, -0.1) is 0 Å². The Morgan fingerprint density at radius 1 is 0.760 bits per heavy atom. The molecule has 1 aliphatic heterocycles. The number of anilines is 1. The molecule has 0 saturated heterocycles. The van der Waals surface area contributed by atoms with Crippen LogP contribution in [0.3, 0.4) is 0 Å². The first kappa shape index (κ1) is 14.2. The molecule has 0 fully saturated rings. The summed E-state index contributed by atoms with van der Waals surface area (Å²) in [6.45, 7) is 0. The van der Waals surface area contributed by atoms with E-state index in [0.29, 0.717) is 0 Å². The second-order valence-electron chi connectivity index (χ2n) is 6.43. The first-order valence-electron chi connectivity index (χ1n) is 8.45. The van der Waals surface area contributed by atoms with E-state index < -0.39 is 0 Å². The first-order valence-corrected chi connectivity index (χ1v) is 8.45. The Hall–Kier alpha value is -3.20. The summed E-state index contributed by atoms with van der Waals surface area (Å²) in [5.74, 6) is -0.134. The zero-order chi connectivity index (χ0) is 16.8.